The van der Waals surface area contributed by atoms with Gasteiger partial charge >= 0.3 is 0 Å². The molecule has 1 unspecified atom stereocenters. The largest absolute Gasteiger partial charge is 0.474 e. The first kappa shape index (κ1) is 22.1. The molecule has 9 nitrogen and oxygen atoms in total. The van der Waals surface area contributed by atoms with Gasteiger partial charge in [-0.05, 0) is 64.6 Å². The van der Waals surface area contributed by atoms with Crippen molar-refractivity contribution in [1.29, 1.82) is 0 Å². The van der Waals surface area contributed by atoms with Crippen molar-refractivity contribution < 1.29 is 9.53 Å². The van der Waals surface area contributed by atoms with Crippen LogP contribution in [0.2, 0.25) is 0 Å². The summed E-state index contributed by atoms with van der Waals surface area (Å²) in [5.41, 5.74) is 6.78. The highest BCUT2D eigenvalue weighted by molar-refractivity contribution is 7.18. The Hall–Kier alpha value is -2.72. The van der Waals surface area contributed by atoms with Crippen LogP contribution in [-0.4, -0.2) is 56.8 Å². The SMILES string of the molecule is CN(C)C1CCC(Oc2nc(Nc3ccn(C)n3)nc3sc4c(c23)CC(C(N)=O)CC4)CC1. The van der Waals surface area contributed by atoms with Gasteiger partial charge in [-0.2, -0.15) is 10.1 Å². The summed E-state index contributed by atoms with van der Waals surface area (Å²) < 4.78 is 8.29. The lowest BCUT2D eigenvalue weighted by molar-refractivity contribution is -0.122. The Morgan fingerprint density at radius 1 is 1.24 bits per heavy atom. The van der Waals surface area contributed by atoms with Crippen molar-refractivity contribution in [3.8, 4) is 5.88 Å². The van der Waals surface area contributed by atoms with E-state index in [-0.39, 0.29) is 17.9 Å². The van der Waals surface area contributed by atoms with Crippen molar-refractivity contribution in [2.45, 2.75) is 57.1 Å². The summed E-state index contributed by atoms with van der Waals surface area (Å²) in [6, 6.07) is 2.48. The Balaban J connectivity index is 1.49. The smallest absolute Gasteiger partial charge is 0.233 e. The number of carbonyl (C=O) groups is 1. The molecular weight excluding hydrogens is 438 g/mol. The van der Waals surface area contributed by atoms with Crippen LogP contribution < -0.4 is 15.8 Å². The number of aryl methyl sites for hydroxylation is 2. The molecular formula is C23H31N7O2S. The number of ether oxygens (including phenoxy) is 1. The predicted octanol–water partition coefficient (Wildman–Crippen LogP) is 3.01. The van der Waals surface area contributed by atoms with Crippen LogP contribution >= 0.6 is 11.3 Å². The minimum absolute atomic E-state index is 0.119. The van der Waals surface area contributed by atoms with Gasteiger partial charge in [0.15, 0.2) is 5.82 Å². The molecule has 176 valence electrons. The van der Waals surface area contributed by atoms with E-state index in [4.69, 9.17) is 20.4 Å². The molecule has 0 aromatic carbocycles. The average Bonchev–Trinajstić information content (AvgIpc) is 3.36. The highest BCUT2D eigenvalue weighted by Gasteiger charge is 2.31. The van der Waals surface area contributed by atoms with Crippen molar-refractivity contribution in [3.63, 3.8) is 0 Å². The van der Waals surface area contributed by atoms with Gasteiger partial charge < -0.3 is 20.7 Å². The number of hydrogen-bond acceptors (Lipinski definition) is 8. The second-order valence-electron chi connectivity index (χ2n) is 9.39. The minimum Gasteiger partial charge on any atom is -0.474 e. The van der Waals surface area contributed by atoms with Crippen LogP contribution in [0.1, 0.15) is 42.5 Å². The van der Waals surface area contributed by atoms with Crippen molar-refractivity contribution >= 4 is 39.2 Å². The fourth-order valence-corrected chi connectivity index (χ4v) is 6.17. The van der Waals surface area contributed by atoms with E-state index in [0.717, 1.165) is 54.3 Å². The van der Waals surface area contributed by atoms with Gasteiger partial charge in [0.25, 0.3) is 0 Å². The molecule has 2 aliphatic carbocycles. The number of fused-ring (bicyclic) bond motifs is 3. The molecule has 10 heteroatoms. The summed E-state index contributed by atoms with van der Waals surface area (Å²) in [6.07, 6.45) is 8.44. The van der Waals surface area contributed by atoms with E-state index in [1.807, 2.05) is 19.3 Å². The molecule has 1 atom stereocenters. The first-order valence-electron chi connectivity index (χ1n) is 11.6. The molecule has 0 saturated heterocycles. The summed E-state index contributed by atoms with van der Waals surface area (Å²) in [5.74, 6) is 1.38. The van der Waals surface area contributed by atoms with Crippen LogP contribution in [0.4, 0.5) is 11.8 Å². The number of carbonyl (C=O) groups excluding carboxylic acids is 1. The van der Waals surface area contributed by atoms with E-state index in [2.05, 4.69) is 29.4 Å². The van der Waals surface area contributed by atoms with E-state index in [0.29, 0.717) is 30.1 Å². The van der Waals surface area contributed by atoms with Crippen molar-refractivity contribution in [1.82, 2.24) is 24.6 Å². The number of nitrogens with one attached hydrogen (secondary N) is 1. The van der Waals surface area contributed by atoms with Crippen molar-refractivity contribution in [2.24, 2.45) is 18.7 Å². The van der Waals surface area contributed by atoms with Gasteiger partial charge in [-0.3, -0.25) is 9.48 Å². The Morgan fingerprint density at radius 3 is 2.70 bits per heavy atom. The summed E-state index contributed by atoms with van der Waals surface area (Å²) >= 11 is 1.67. The molecule has 33 heavy (non-hydrogen) atoms. The monoisotopic (exact) mass is 469 g/mol. The Kier molecular flexibility index (Phi) is 5.96. The van der Waals surface area contributed by atoms with Gasteiger partial charge in [0.1, 0.15) is 10.9 Å². The van der Waals surface area contributed by atoms with Gasteiger partial charge in [-0.15, -0.1) is 11.3 Å². The number of anilines is 2. The highest BCUT2D eigenvalue weighted by atomic mass is 32.1. The molecule has 3 aromatic heterocycles. The maximum Gasteiger partial charge on any atom is 0.233 e. The van der Waals surface area contributed by atoms with Crippen LogP contribution in [-0.2, 0) is 24.7 Å². The van der Waals surface area contributed by atoms with Gasteiger partial charge in [-0.1, -0.05) is 0 Å². The molecule has 5 rings (SSSR count). The summed E-state index contributed by atoms with van der Waals surface area (Å²) in [7, 11) is 6.15. The summed E-state index contributed by atoms with van der Waals surface area (Å²) in [5, 5.41) is 8.54. The third kappa shape index (κ3) is 4.54. The standard InChI is InChI=1S/C23H31N7O2S/c1-29(2)14-5-7-15(8-6-14)32-21-19-16-12-13(20(24)31)4-9-17(16)33-22(19)27-23(26-21)25-18-10-11-30(3)28-18/h10-11,13-15H,4-9,12H2,1-3H3,(H2,24,31)(H,25,26,27,28). The topological polar surface area (TPSA) is 111 Å². The van der Waals surface area contributed by atoms with Crippen LogP contribution in [0.5, 0.6) is 5.88 Å². The highest BCUT2D eigenvalue weighted by Crippen LogP contribution is 2.42. The number of primary amides is 1. The zero-order chi connectivity index (χ0) is 23.1. The zero-order valence-electron chi connectivity index (χ0n) is 19.4. The average molecular weight is 470 g/mol. The molecule has 1 saturated carbocycles. The third-order valence-electron chi connectivity index (χ3n) is 6.88. The maximum atomic E-state index is 11.9. The lowest BCUT2D eigenvalue weighted by Crippen LogP contribution is -2.35. The molecule has 1 fully saturated rings. The summed E-state index contributed by atoms with van der Waals surface area (Å²) in [6.45, 7) is 0. The van der Waals surface area contributed by atoms with Gasteiger partial charge in [-0.25, -0.2) is 4.98 Å². The van der Waals surface area contributed by atoms with Crippen molar-refractivity contribution in [2.75, 3.05) is 19.4 Å². The molecule has 0 radical (unpaired) electrons. The normalized spacial score (nSPS) is 23.0. The number of aromatic nitrogens is 4. The lowest BCUT2D eigenvalue weighted by atomic mass is 9.87. The molecule has 3 aromatic rings. The zero-order valence-corrected chi connectivity index (χ0v) is 20.2. The number of nitrogens with two attached hydrogens (primary N) is 1. The van der Waals surface area contributed by atoms with E-state index < -0.39 is 0 Å². The van der Waals surface area contributed by atoms with Gasteiger partial charge in [0.05, 0.1) is 5.39 Å². The summed E-state index contributed by atoms with van der Waals surface area (Å²) in [4.78, 5) is 25.9. The fraction of sp³-hybridized carbons (Fsp3) is 0.565. The van der Waals surface area contributed by atoms with Crippen molar-refractivity contribution in [3.05, 3.63) is 22.7 Å². The molecule has 0 spiro atoms. The van der Waals surface area contributed by atoms with E-state index in [1.165, 1.54) is 4.88 Å². The van der Waals surface area contributed by atoms with Gasteiger partial charge in [0.2, 0.25) is 17.7 Å². The van der Waals surface area contributed by atoms with Crippen LogP contribution in [0.25, 0.3) is 10.2 Å². The lowest BCUT2D eigenvalue weighted by Gasteiger charge is -2.32. The van der Waals surface area contributed by atoms with E-state index >= 15 is 0 Å². The second kappa shape index (κ2) is 8.90. The minimum atomic E-state index is -0.237. The van der Waals surface area contributed by atoms with Crippen LogP contribution in [0.3, 0.4) is 0 Å². The molecule has 2 aliphatic rings. The Bertz CT molecular complexity index is 1160. The number of hydrogen-bond donors (Lipinski definition) is 2. The molecule has 1 amide bonds. The second-order valence-corrected chi connectivity index (χ2v) is 10.5. The number of rotatable bonds is 6. The Morgan fingerprint density at radius 2 is 2.03 bits per heavy atom. The fourth-order valence-electron chi connectivity index (χ4n) is 4.96. The third-order valence-corrected chi connectivity index (χ3v) is 8.07. The van der Waals surface area contributed by atoms with Crippen LogP contribution in [0.15, 0.2) is 12.3 Å². The Labute approximate surface area is 197 Å². The number of nitrogens with zero attached hydrogens (tertiary/aromatic N) is 5. The quantitative estimate of drug-likeness (QED) is 0.571. The molecule has 0 bridgehead atoms. The predicted molar refractivity (Wildman–Crippen MR) is 129 cm³/mol. The first-order chi connectivity index (χ1) is 15.9. The maximum absolute atomic E-state index is 11.9. The number of amides is 1. The molecule has 3 heterocycles. The number of thiophene rings is 1. The van der Waals surface area contributed by atoms with E-state index in [1.54, 1.807) is 16.0 Å². The molecule has 3 N–H and O–H groups in total. The van der Waals surface area contributed by atoms with Gasteiger partial charge in [0, 0.05) is 36.1 Å². The van der Waals surface area contributed by atoms with Crippen LogP contribution in [0, 0.1) is 5.92 Å². The molecule has 0 aliphatic heterocycles. The first-order valence-corrected chi connectivity index (χ1v) is 12.4. The van der Waals surface area contributed by atoms with E-state index in [9.17, 15) is 4.79 Å².